The van der Waals surface area contributed by atoms with Gasteiger partial charge in [-0.05, 0) is 24.6 Å². The van der Waals surface area contributed by atoms with Gasteiger partial charge in [0.15, 0.2) is 0 Å². The number of aromatic carboxylic acids is 1. The molecule has 0 fully saturated rings. The number of aromatic nitrogens is 1. The maximum absolute atomic E-state index is 11.4. The zero-order chi connectivity index (χ0) is 14.0. The molecule has 1 aromatic carbocycles. The van der Waals surface area contributed by atoms with Crippen molar-refractivity contribution in [2.45, 2.75) is 13.5 Å². The number of carbonyl (C=O) groups is 1. The Bertz CT molecular complexity index is 615. The van der Waals surface area contributed by atoms with Gasteiger partial charge in [0.05, 0.1) is 19.2 Å². The van der Waals surface area contributed by atoms with E-state index in [9.17, 15) is 9.90 Å². The molecule has 0 amide bonds. The Morgan fingerprint density at radius 2 is 2.11 bits per heavy atom. The maximum Gasteiger partial charge on any atom is 0.352 e. The number of nitrogens with zero attached hydrogens (tertiary/aromatic N) is 1. The SMILES string of the molecule is COCCn1c(C(=O)O)cc2c(OC)ccc(C)c21. The first kappa shape index (κ1) is 13.4. The molecule has 0 unspecified atom stereocenters. The molecule has 19 heavy (non-hydrogen) atoms. The Morgan fingerprint density at radius 1 is 1.37 bits per heavy atom. The third kappa shape index (κ3) is 2.29. The number of rotatable bonds is 5. The molecule has 0 bridgehead atoms. The number of fused-ring (bicyclic) bond motifs is 1. The van der Waals surface area contributed by atoms with E-state index in [0.717, 1.165) is 16.5 Å². The minimum Gasteiger partial charge on any atom is -0.496 e. The molecule has 0 aliphatic carbocycles. The lowest BCUT2D eigenvalue weighted by Crippen LogP contribution is -2.12. The van der Waals surface area contributed by atoms with Gasteiger partial charge >= 0.3 is 5.97 Å². The van der Waals surface area contributed by atoms with Crippen molar-refractivity contribution in [2.75, 3.05) is 20.8 Å². The molecule has 1 heterocycles. The summed E-state index contributed by atoms with van der Waals surface area (Å²) in [6.45, 7) is 2.91. The van der Waals surface area contributed by atoms with E-state index in [2.05, 4.69) is 0 Å². The fourth-order valence-electron chi connectivity index (χ4n) is 2.30. The van der Waals surface area contributed by atoms with Crippen LogP contribution in [0.25, 0.3) is 10.9 Å². The highest BCUT2D eigenvalue weighted by Gasteiger charge is 2.18. The minimum atomic E-state index is -0.950. The van der Waals surface area contributed by atoms with E-state index in [0.29, 0.717) is 18.9 Å². The molecule has 1 aromatic heterocycles. The first-order valence-electron chi connectivity index (χ1n) is 5.99. The molecule has 102 valence electrons. The fraction of sp³-hybridized carbons (Fsp3) is 0.357. The molecular weight excluding hydrogens is 246 g/mol. The quantitative estimate of drug-likeness (QED) is 0.899. The number of carboxylic acids is 1. The van der Waals surface area contributed by atoms with Crippen LogP contribution < -0.4 is 4.74 Å². The Balaban J connectivity index is 2.73. The lowest BCUT2D eigenvalue weighted by Gasteiger charge is -2.10. The van der Waals surface area contributed by atoms with Crippen molar-refractivity contribution in [2.24, 2.45) is 0 Å². The van der Waals surface area contributed by atoms with Gasteiger partial charge in [0.1, 0.15) is 11.4 Å². The van der Waals surface area contributed by atoms with Gasteiger partial charge in [-0.15, -0.1) is 0 Å². The van der Waals surface area contributed by atoms with Crippen molar-refractivity contribution in [3.8, 4) is 5.75 Å². The zero-order valence-electron chi connectivity index (χ0n) is 11.3. The van der Waals surface area contributed by atoms with Crippen molar-refractivity contribution < 1.29 is 19.4 Å². The third-order valence-corrected chi connectivity index (χ3v) is 3.18. The normalized spacial score (nSPS) is 10.9. The number of hydrogen-bond acceptors (Lipinski definition) is 3. The van der Waals surface area contributed by atoms with Crippen molar-refractivity contribution in [3.63, 3.8) is 0 Å². The van der Waals surface area contributed by atoms with E-state index < -0.39 is 5.97 Å². The van der Waals surface area contributed by atoms with E-state index in [-0.39, 0.29) is 5.69 Å². The third-order valence-electron chi connectivity index (χ3n) is 3.18. The largest absolute Gasteiger partial charge is 0.496 e. The second kappa shape index (κ2) is 5.32. The summed E-state index contributed by atoms with van der Waals surface area (Å²) in [6.07, 6.45) is 0. The molecule has 2 aromatic rings. The first-order valence-corrected chi connectivity index (χ1v) is 5.99. The van der Waals surface area contributed by atoms with Crippen LogP contribution in [0, 0.1) is 6.92 Å². The van der Waals surface area contributed by atoms with E-state index >= 15 is 0 Å². The maximum atomic E-state index is 11.4. The van der Waals surface area contributed by atoms with Gasteiger partial charge in [0.25, 0.3) is 0 Å². The van der Waals surface area contributed by atoms with Crippen molar-refractivity contribution in [3.05, 3.63) is 29.5 Å². The molecule has 0 radical (unpaired) electrons. The van der Waals surface area contributed by atoms with Crippen molar-refractivity contribution in [1.29, 1.82) is 0 Å². The van der Waals surface area contributed by atoms with Crippen LogP contribution in [0.4, 0.5) is 0 Å². The van der Waals surface area contributed by atoms with Gasteiger partial charge in [-0.2, -0.15) is 0 Å². The Morgan fingerprint density at radius 3 is 2.68 bits per heavy atom. The molecule has 0 aliphatic heterocycles. The molecule has 0 saturated heterocycles. The van der Waals surface area contributed by atoms with Crippen LogP contribution in [0.3, 0.4) is 0 Å². The summed E-state index contributed by atoms with van der Waals surface area (Å²) in [5.41, 5.74) is 2.15. The summed E-state index contributed by atoms with van der Waals surface area (Å²) in [5.74, 6) is -0.270. The minimum absolute atomic E-state index is 0.250. The van der Waals surface area contributed by atoms with Gasteiger partial charge < -0.3 is 19.1 Å². The van der Waals surface area contributed by atoms with Crippen LogP contribution in [0.5, 0.6) is 5.75 Å². The summed E-state index contributed by atoms with van der Waals surface area (Å²) < 4.78 is 12.1. The zero-order valence-corrected chi connectivity index (χ0v) is 11.3. The highest BCUT2D eigenvalue weighted by molar-refractivity contribution is 5.98. The van der Waals surface area contributed by atoms with Gasteiger partial charge in [0, 0.05) is 19.0 Å². The topological polar surface area (TPSA) is 60.7 Å². The van der Waals surface area contributed by atoms with Gasteiger partial charge in [-0.25, -0.2) is 4.79 Å². The number of hydrogen-bond donors (Lipinski definition) is 1. The molecule has 5 nitrogen and oxygen atoms in total. The van der Waals surface area contributed by atoms with E-state index in [1.165, 1.54) is 0 Å². The first-order chi connectivity index (χ1) is 9.10. The van der Waals surface area contributed by atoms with Crippen molar-refractivity contribution in [1.82, 2.24) is 4.57 Å². The highest BCUT2D eigenvalue weighted by atomic mass is 16.5. The number of carboxylic acid groups (broad SMARTS) is 1. The average Bonchev–Trinajstić information content (AvgIpc) is 2.77. The van der Waals surface area contributed by atoms with E-state index in [4.69, 9.17) is 9.47 Å². The van der Waals surface area contributed by atoms with E-state index in [1.54, 1.807) is 24.9 Å². The van der Waals surface area contributed by atoms with Crippen LogP contribution in [0.2, 0.25) is 0 Å². The second-order valence-corrected chi connectivity index (χ2v) is 4.33. The van der Waals surface area contributed by atoms with Crippen LogP contribution >= 0.6 is 0 Å². The van der Waals surface area contributed by atoms with E-state index in [1.807, 2.05) is 19.1 Å². The number of benzene rings is 1. The van der Waals surface area contributed by atoms with Crippen molar-refractivity contribution >= 4 is 16.9 Å². The Hall–Kier alpha value is -2.01. The Kier molecular flexibility index (Phi) is 3.76. The fourth-order valence-corrected chi connectivity index (χ4v) is 2.30. The van der Waals surface area contributed by atoms with Crippen LogP contribution in [-0.2, 0) is 11.3 Å². The molecule has 0 aliphatic rings. The molecule has 0 spiro atoms. The summed E-state index contributed by atoms with van der Waals surface area (Å²) in [7, 11) is 3.18. The van der Waals surface area contributed by atoms with Crippen LogP contribution in [0.15, 0.2) is 18.2 Å². The molecule has 2 rings (SSSR count). The molecule has 0 saturated carbocycles. The summed E-state index contributed by atoms with van der Waals surface area (Å²) in [5, 5.41) is 10.1. The molecule has 1 N–H and O–H groups in total. The standard InChI is InChI=1S/C14H17NO4/c1-9-4-5-12(19-3)10-8-11(14(16)17)15(13(9)10)6-7-18-2/h4-5,8H,6-7H2,1-3H3,(H,16,17). The van der Waals surface area contributed by atoms with Gasteiger partial charge in [-0.1, -0.05) is 6.07 Å². The van der Waals surface area contributed by atoms with Crippen LogP contribution in [-0.4, -0.2) is 36.5 Å². The summed E-state index contributed by atoms with van der Waals surface area (Å²) >= 11 is 0. The summed E-state index contributed by atoms with van der Waals surface area (Å²) in [4.78, 5) is 11.4. The molecule has 5 heteroatoms. The molecular formula is C14H17NO4. The predicted molar refractivity (Wildman–Crippen MR) is 72.1 cm³/mol. The lowest BCUT2D eigenvalue weighted by molar-refractivity contribution is 0.0683. The number of ether oxygens (including phenoxy) is 2. The average molecular weight is 263 g/mol. The smallest absolute Gasteiger partial charge is 0.352 e. The summed E-state index contributed by atoms with van der Waals surface area (Å²) in [6, 6.07) is 5.43. The molecule has 0 atom stereocenters. The monoisotopic (exact) mass is 263 g/mol. The highest BCUT2D eigenvalue weighted by Crippen LogP contribution is 2.31. The predicted octanol–water partition coefficient (Wildman–Crippen LogP) is 2.30. The van der Waals surface area contributed by atoms with Gasteiger partial charge in [0.2, 0.25) is 0 Å². The Labute approximate surface area is 111 Å². The van der Waals surface area contributed by atoms with Crippen LogP contribution in [0.1, 0.15) is 16.1 Å². The number of aryl methyl sites for hydroxylation is 1. The second-order valence-electron chi connectivity index (χ2n) is 4.33. The van der Waals surface area contributed by atoms with Gasteiger partial charge in [-0.3, -0.25) is 0 Å². The number of methoxy groups -OCH3 is 2. The lowest BCUT2D eigenvalue weighted by atomic mass is 10.1.